The maximum Gasteiger partial charge on any atom is 0.573 e. The number of fused-ring (bicyclic) bond motifs is 3. The number of ether oxygens (including phenoxy) is 1. The molecule has 6 heteroatoms. The molecular weight excluding hydrogens is 387 g/mol. The Morgan fingerprint density at radius 3 is 2.17 bits per heavy atom. The van der Waals surface area contributed by atoms with Crippen LogP contribution in [0.25, 0.3) is 22.3 Å². The minimum Gasteiger partial charge on any atom is -0.403 e. The van der Waals surface area contributed by atoms with Crippen molar-refractivity contribution in [2.75, 3.05) is 0 Å². The van der Waals surface area contributed by atoms with E-state index < -0.39 is 23.7 Å². The number of hydrogen-bond donors (Lipinski definition) is 0. The van der Waals surface area contributed by atoms with Gasteiger partial charge in [-0.25, -0.2) is 8.78 Å². The summed E-state index contributed by atoms with van der Waals surface area (Å²) in [6.45, 7) is 2.08. The molecule has 4 rings (SSSR count). The van der Waals surface area contributed by atoms with Gasteiger partial charge in [-0.3, -0.25) is 0 Å². The number of alkyl halides is 3. The zero-order valence-electron chi connectivity index (χ0n) is 15.5. The van der Waals surface area contributed by atoms with Gasteiger partial charge in [0.25, 0.3) is 0 Å². The monoisotopic (exact) mass is 404 g/mol. The van der Waals surface area contributed by atoms with Crippen LogP contribution in [-0.4, -0.2) is 6.36 Å². The highest BCUT2D eigenvalue weighted by Gasteiger charge is 2.32. The van der Waals surface area contributed by atoms with Crippen molar-refractivity contribution in [2.24, 2.45) is 0 Å². The van der Waals surface area contributed by atoms with Crippen LogP contribution in [0.15, 0.2) is 48.5 Å². The standard InChI is InChI=1S/C23H17F5O/c1-2-13-3-7-17-14(9-13)4-5-15-10-19(20(24)12-18(15)17)16-6-8-22(21(25)11-16)29-23(26,27)28/h3,6-12H,2,4-5H2,1H3. The first-order chi connectivity index (χ1) is 13.7. The third-order valence-electron chi connectivity index (χ3n) is 5.19. The third kappa shape index (κ3) is 3.84. The predicted octanol–water partition coefficient (Wildman–Crippen LogP) is 6.86. The Hall–Kier alpha value is -2.89. The summed E-state index contributed by atoms with van der Waals surface area (Å²) in [5.74, 6) is -2.70. The molecule has 0 atom stereocenters. The van der Waals surface area contributed by atoms with Gasteiger partial charge >= 0.3 is 6.36 Å². The van der Waals surface area contributed by atoms with E-state index in [1.54, 1.807) is 6.07 Å². The first kappa shape index (κ1) is 19.4. The lowest BCUT2D eigenvalue weighted by Crippen LogP contribution is -2.17. The van der Waals surface area contributed by atoms with E-state index in [1.165, 1.54) is 23.3 Å². The zero-order chi connectivity index (χ0) is 20.8. The topological polar surface area (TPSA) is 9.23 Å². The Balaban J connectivity index is 1.73. The summed E-state index contributed by atoms with van der Waals surface area (Å²) in [6, 6.07) is 12.2. The normalized spacial score (nSPS) is 13.0. The molecule has 0 aliphatic heterocycles. The third-order valence-corrected chi connectivity index (χ3v) is 5.19. The van der Waals surface area contributed by atoms with Crippen molar-refractivity contribution in [3.63, 3.8) is 0 Å². The van der Waals surface area contributed by atoms with E-state index in [0.29, 0.717) is 6.42 Å². The molecular formula is C23H17F5O. The van der Waals surface area contributed by atoms with Crippen molar-refractivity contribution in [1.29, 1.82) is 0 Å². The molecule has 29 heavy (non-hydrogen) atoms. The Kier molecular flexibility index (Phi) is 4.81. The summed E-state index contributed by atoms with van der Waals surface area (Å²) in [6.07, 6.45) is -2.55. The molecule has 0 unspecified atom stereocenters. The highest BCUT2D eigenvalue weighted by molar-refractivity contribution is 5.78. The summed E-state index contributed by atoms with van der Waals surface area (Å²) < 4.78 is 69.5. The lowest BCUT2D eigenvalue weighted by atomic mass is 9.83. The Bertz CT molecular complexity index is 1090. The SMILES string of the molecule is CCc1ccc2c(c1)CCc1cc(-c3ccc(OC(F)(F)F)c(F)c3)c(F)cc1-2. The Labute approximate surface area is 164 Å². The van der Waals surface area contributed by atoms with Crippen LogP contribution >= 0.6 is 0 Å². The van der Waals surface area contributed by atoms with E-state index >= 15 is 0 Å². The van der Waals surface area contributed by atoms with E-state index in [2.05, 4.69) is 17.7 Å². The summed E-state index contributed by atoms with van der Waals surface area (Å²) >= 11 is 0. The summed E-state index contributed by atoms with van der Waals surface area (Å²) in [4.78, 5) is 0. The number of hydrogen-bond acceptors (Lipinski definition) is 1. The van der Waals surface area contributed by atoms with Crippen LogP contribution in [0.3, 0.4) is 0 Å². The summed E-state index contributed by atoms with van der Waals surface area (Å²) in [7, 11) is 0. The van der Waals surface area contributed by atoms with Gasteiger partial charge in [0.1, 0.15) is 5.82 Å². The molecule has 0 saturated heterocycles. The van der Waals surface area contributed by atoms with Crippen molar-refractivity contribution < 1.29 is 26.7 Å². The first-order valence-corrected chi connectivity index (χ1v) is 9.25. The van der Waals surface area contributed by atoms with Gasteiger partial charge in [0, 0.05) is 5.56 Å². The van der Waals surface area contributed by atoms with Gasteiger partial charge in [0.05, 0.1) is 0 Å². The zero-order valence-corrected chi connectivity index (χ0v) is 15.5. The molecule has 0 aromatic heterocycles. The number of aryl methyl sites for hydroxylation is 3. The van der Waals surface area contributed by atoms with Gasteiger partial charge < -0.3 is 4.74 Å². The van der Waals surface area contributed by atoms with Crippen LogP contribution < -0.4 is 4.74 Å². The van der Waals surface area contributed by atoms with E-state index in [-0.39, 0.29) is 11.1 Å². The number of rotatable bonds is 3. The van der Waals surface area contributed by atoms with Crippen molar-refractivity contribution >= 4 is 0 Å². The largest absolute Gasteiger partial charge is 0.573 e. The van der Waals surface area contributed by atoms with E-state index in [1.807, 2.05) is 12.1 Å². The van der Waals surface area contributed by atoms with Crippen molar-refractivity contribution in [3.8, 4) is 28.0 Å². The average molecular weight is 404 g/mol. The van der Waals surface area contributed by atoms with E-state index in [4.69, 9.17) is 0 Å². The molecule has 0 amide bonds. The molecule has 0 saturated carbocycles. The fraction of sp³-hybridized carbons (Fsp3) is 0.217. The maximum absolute atomic E-state index is 14.9. The molecule has 1 aliphatic carbocycles. The lowest BCUT2D eigenvalue weighted by Gasteiger charge is -2.22. The highest BCUT2D eigenvalue weighted by Crippen LogP contribution is 2.38. The van der Waals surface area contributed by atoms with Gasteiger partial charge in [-0.15, -0.1) is 13.2 Å². The molecule has 0 fully saturated rings. The molecule has 1 aliphatic rings. The van der Waals surface area contributed by atoms with Crippen LogP contribution in [0.2, 0.25) is 0 Å². The van der Waals surface area contributed by atoms with Gasteiger partial charge in [-0.2, -0.15) is 0 Å². The van der Waals surface area contributed by atoms with Gasteiger partial charge in [-0.05, 0) is 76.9 Å². The second-order valence-electron chi connectivity index (χ2n) is 7.03. The van der Waals surface area contributed by atoms with Crippen LogP contribution in [-0.2, 0) is 19.3 Å². The molecule has 150 valence electrons. The number of benzene rings is 3. The quantitative estimate of drug-likeness (QED) is 0.434. The van der Waals surface area contributed by atoms with Gasteiger partial charge in [0.2, 0.25) is 0 Å². The molecule has 0 heterocycles. The van der Waals surface area contributed by atoms with E-state index in [9.17, 15) is 22.0 Å². The van der Waals surface area contributed by atoms with Gasteiger partial charge in [-0.1, -0.05) is 31.2 Å². The molecule has 0 spiro atoms. The summed E-state index contributed by atoms with van der Waals surface area (Å²) in [5.41, 5.74) is 5.40. The smallest absolute Gasteiger partial charge is 0.403 e. The molecule has 0 N–H and O–H groups in total. The van der Waals surface area contributed by atoms with Crippen LogP contribution in [0, 0.1) is 11.6 Å². The van der Waals surface area contributed by atoms with Crippen molar-refractivity contribution in [1.82, 2.24) is 0 Å². The maximum atomic E-state index is 14.9. The minimum absolute atomic E-state index is 0.148. The van der Waals surface area contributed by atoms with Crippen LogP contribution in [0.1, 0.15) is 23.6 Å². The van der Waals surface area contributed by atoms with Crippen molar-refractivity contribution in [3.05, 3.63) is 76.9 Å². The lowest BCUT2D eigenvalue weighted by molar-refractivity contribution is -0.275. The highest BCUT2D eigenvalue weighted by atomic mass is 19.4. The molecule has 1 nitrogen and oxygen atoms in total. The average Bonchev–Trinajstić information content (AvgIpc) is 2.67. The minimum atomic E-state index is -5.00. The summed E-state index contributed by atoms with van der Waals surface area (Å²) in [5, 5.41) is 0. The molecule has 0 bridgehead atoms. The second kappa shape index (κ2) is 7.17. The molecule has 0 radical (unpaired) electrons. The second-order valence-corrected chi connectivity index (χ2v) is 7.03. The number of halogens is 5. The van der Waals surface area contributed by atoms with Gasteiger partial charge in [0.15, 0.2) is 11.6 Å². The first-order valence-electron chi connectivity index (χ1n) is 9.25. The van der Waals surface area contributed by atoms with Crippen LogP contribution in [0.4, 0.5) is 22.0 Å². The molecule has 3 aromatic carbocycles. The van der Waals surface area contributed by atoms with E-state index in [0.717, 1.165) is 41.7 Å². The Morgan fingerprint density at radius 1 is 0.793 bits per heavy atom. The fourth-order valence-corrected chi connectivity index (χ4v) is 3.78. The van der Waals surface area contributed by atoms with Crippen molar-refractivity contribution in [2.45, 2.75) is 32.5 Å². The molecule has 3 aromatic rings. The fourth-order valence-electron chi connectivity index (χ4n) is 3.78. The Morgan fingerprint density at radius 2 is 1.52 bits per heavy atom. The van der Waals surface area contributed by atoms with Crippen LogP contribution in [0.5, 0.6) is 5.75 Å². The predicted molar refractivity (Wildman–Crippen MR) is 101 cm³/mol.